The van der Waals surface area contributed by atoms with Crippen LogP contribution in [0.3, 0.4) is 0 Å². The fourth-order valence-electron chi connectivity index (χ4n) is 2.07. The Balaban J connectivity index is 2.16. The number of aromatic amines is 1. The van der Waals surface area contributed by atoms with Crippen LogP contribution in [0.1, 0.15) is 5.56 Å². The smallest absolute Gasteiger partial charge is 0.418 e. The average molecular weight is 440 g/mol. The third-order valence-electron chi connectivity index (χ3n) is 3.02. The highest BCUT2D eigenvalue weighted by Gasteiger charge is 2.35. The summed E-state index contributed by atoms with van der Waals surface area (Å²) in [5, 5.41) is -0.391. The van der Waals surface area contributed by atoms with Crippen molar-refractivity contribution < 1.29 is 26.7 Å². The third kappa shape index (κ3) is 2.96. The number of ether oxygens (including phenoxy) is 1. The predicted octanol–water partition coefficient (Wildman–Crippen LogP) is 5.26. The van der Waals surface area contributed by atoms with Crippen LogP contribution in [-0.4, -0.2) is 9.97 Å². The Labute approximate surface area is 139 Å². The van der Waals surface area contributed by atoms with E-state index in [0.717, 1.165) is 24.4 Å². The maximum absolute atomic E-state index is 13.8. The van der Waals surface area contributed by atoms with E-state index in [1.165, 1.54) is 6.20 Å². The minimum atomic E-state index is -4.66. The molecule has 0 saturated carbocycles. The zero-order valence-corrected chi connectivity index (χ0v) is 13.2. The van der Waals surface area contributed by atoms with Crippen LogP contribution in [0.25, 0.3) is 11.0 Å². The molecule has 3 rings (SSSR count). The molecule has 0 unspecified atom stereocenters. The van der Waals surface area contributed by atoms with Gasteiger partial charge in [-0.15, -0.1) is 0 Å². The first-order valence-corrected chi connectivity index (χ1v) is 7.21. The van der Waals surface area contributed by atoms with Gasteiger partial charge in [0.1, 0.15) is 11.4 Å². The Kier molecular flexibility index (Phi) is 3.90. The van der Waals surface area contributed by atoms with Crippen molar-refractivity contribution in [1.29, 1.82) is 0 Å². The first-order valence-electron chi connectivity index (χ1n) is 6.13. The molecule has 0 aliphatic rings. The number of H-pyrrole nitrogens is 1. The van der Waals surface area contributed by atoms with E-state index in [2.05, 4.69) is 9.97 Å². The molecule has 1 aromatic carbocycles. The number of fused-ring (bicyclic) bond motifs is 1. The molecule has 0 aliphatic carbocycles. The van der Waals surface area contributed by atoms with Gasteiger partial charge < -0.3 is 9.72 Å². The molecule has 0 spiro atoms. The quantitative estimate of drug-likeness (QED) is 0.437. The van der Waals surface area contributed by atoms with Crippen LogP contribution in [0, 0.1) is 15.2 Å². The number of nitrogens with zero attached hydrogens (tertiary/aromatic N) is 1. The highest BCUT2D eigenvalue weighted by Crippen LogP contribution is 2.40. The van der Waals surface area contributed by atoms with E-state index in [1.54, 1.807) is 22.6 Å². The molecule has 3 aromatic rings. The van der Waals surface area contributed by atoms with Crippen molar-refractivity contribution in [2.75, 3.05) is 0 Å². The number of hydrogen-bond acceptors (Lipinski definition) is 2. The standard InChI is InChI=1S/C14H6F5IN2O/c15-8-3-6(20)4-9(16)12(8)23-10-1-2-21-13-11(10)7(5-22-13)14(17,18)19/h1-5H,(H,21,22). The van der Waals surface area contributed by atoms with E-state index in [-0.39, 0.29) is 11.4 Å². The topological polar surface area (TPSA) is 37.9 Å². The average Bonchev–Trinajstić information content (AvgIpc) is 2.87. The third-order valence-corrected chi connectivity index (χ3v) is 3.64. The minimum Gasteiger partial charge on any atom is -0.450 e. The molecular weight excluding hydrogens is 434 g/mol. The summed E-state index contributed by atoms with van der Waals surface area (Å²) >= 11 is 1.71. The van der Waals surface area contributed by atoms with Gasteiger partial charge in [-0.25, -0.2) is 13.8 Å². The minimum absolute atomic E-state index is 0.0962. The Morgan fingerprint density at radius 2 is 1.78 bits per heavy atom. The number of halogens is 6. The van der Waals surface area contributed by atoms with Gasteiger partial charge in [0, 0.05) is 16.0 Å². The number of nitrogens with one attached hydrogen (secondary N) is 1. The van der Waals surface area contributed by atoms with Crippen molar-refractivity contribution in [3.05, 3.63) is 51.4 Å². The molecular formula is C14H6F5IN2O. The largest absolute Gasteiger partial charge is 0.450 e. The number of hydrogen-bond donors (Lipinski definition) is 1. The molecule has 23 heavy (non-hydrogen) atoms. The van der Waals surface area contributed by atoms with E-state index < -0.39 is 34.5 Å². The van der Waals surface area contributed by atoms with Crippen molar-refractivity contribution in [2.45, 2.75) is 6.18 Å². The predicted molar refractivity (Wildman–Crippen MR) is 80.2 cm³/mol. The Bertz CT molecular complexity index is 867. The molecule has 2 heterocycles. The van der Waals surface area contributed by atoms with Gasteiger partial charge in [-0.05, 0) is 40.8 Å². The lowest BCUT2D eigenvalue weighted by Gasteiger charge is -2.11. The molecule has 120 valence electrons. The van der Waals surface area contributed by atoms with E-state index in [4.69, 9.17) is 4.74 Å². The Hall–Kier alpha value is -1.91. The number of alkyl halides is 3. The van der Waals surface area contributed by atoms with E-state index in [1.807, 2.05) is 0 Å². The van der Waals surface area contributed by atoms with Gasteiger partial charge in [-0.2, -0.15) is 13.2 Å². The van der Waals surface area contributed by atoms with Crippen molar-refractivity contribution in [3.63, 3.8) is 0 Å². The Morgan fingerprint density at radius 3 is 2.39 bits per heavy atom. The second-order valence-electron chi connectivity index (χ2n) is 4.53. The number of benzene rings is 1. The SMILES string of the molecule is Fc1cc(I)cc(F)c1Oc1ccnc2[nH]cc(C(F)(F)F)c12. The summed E-state index contributed by atoms with van der Waals surface area (Å²) in [5.41, 5.74) is -1.12. The summed E-state index contributed by atoms with van der Waals surface area (Å²) in [6.07, 6.45) is -2.76. The first kappa shape index (κ1) is 16.0. The zero-order chi connectivity index (χ0) is 16.8. The van der Waals surface area contributed by atoms with Crippen molar-refractivity contribution >= 4 is 33.6 Å². The van der Waals surface area contributed by atoms with E-state index in [0.29, 0.717) is 3.57 Å². The number of rotatable bonds is 2. The fourth-order valence-corrected chi connectivity index (χ4v) is 2.62. The van der Waals surface area contributed by atoms with Gasteiger partial charge in [0.25, 0.3) is 0 Å². The van der Waals surface area contributed by atoms with E-state index in [9.17, 15) is 22.0 Å². The molecule has 1 N–H and O–H groups in total. The normalized spacial score (nSPS) is 11.9. The summed E-state index contributed by atoms with van der Waals surface area (Å²) in [6.45, 7) is 0. The molecule has 0 aliphatic heterocycles. The van der Waals surface area contributed by atoms with Crippen LogP contribution in [0.15, 0.2) is 30.6 Å². The maximum atomic E-state index is 13.8. The fraction of sp³-hybridized carbons (Fsp3) is 0.0714. The lowest BCUT2D eigenvalue weighted by molar-refractivity contribution is -0.136. The second-order valence-corrected chi connectivity index (χ2v) is 5.78. The van der Waals surface area contributed by atoms with Crippen LogP contribution in [0.2, 0.25) is 0 Å². The summed E-state index contributed by atoms with van der Waals surface area (Å²) in [4.78, 5) is 6.11. The molecule has 0 atom stereocenters. The zero-order valence-electron chi connectivity index (χ0n) is 11.0. The van der Waals surface area contributed by atoms with Crippen molar-refractivity contribution in [1.82, 2.24) is 9.97 Å². The van der Waals surface area contributed by atoms with Gasteiger partial charge in [-0.3, -0.25) is 0 Å². The lowest BCUT2D eigenvalue weighted by Crippen LogP contribution is -2.04. The van der Waals surface area contributed by atoms with Crippen molar-refractivity contribution in [2.24, 2.45) is 0 Å². The van der Waals surface area contributed by atoms with Crippen LogP contribution in [0.4, 0.5) is 22.0 Å². The van der Waals surface area contributed by atoms with Gasteiger partial charge in [-0.1, -0.05) is 0 Å². The molecule has 3 nitrogen and oxygen atoms in total. The van der Waals surface area contributed by atoms with E-state index >= 15 is 0 Å². The highest BCUT2D eigenvalue weighted by molar-refractivity contribution is 14.1. The molecule has 0 radical (unpaired) electrons. The summed E-state index contributed by atoms with van der Waals surface area (Å²) in [6, 6.07) is 3.14. The summed E-state index contributed by atoms with van der Waals surface area (Å²) < 4.78 is 72.2. The number of pyridine rings is 1. The lowest BCUT2D eigenvalue weighted by atomic mass is 10.2. The molecule has 9 heteroatoms. The summed E-state index contributed by atoms with van der Waals surface area (Å²) in [7, 11) is 0. The van der Waals surface area contributed by atoms with Crippen LogP contribution >= 0.6 is 22.6 Å². The van der Waals surface area contributed by atoms with Gasteiger partial charge in [0.2, 0.25) is 0 Å². The van der Waals surface area contributed by atoms with Gasteiger partial charge in [0.15, 0.2) is 17.4 Å². The van der Waals surface area contributed by atoms with Crippen molar-refractivity contribution in [3.8, 4) is 11.5 Å². The molecule has 0 saturated heterocycles. The van der Waals surface area contributed by atoms with Crippen LogP contribution < -0.4 is 4.74 Å². The number of aromatic nitrogens is 2. The van der Waals surface area contributed by atoms with Crippen LogP contribution in [0.5, 0.6) is 11.5 Å². The Morgan fingerprint density at radius 1 is 1.13 bits per heavy atom. The van der Waals surface area contributed by atoms with Gasteiger partial charge in [0.05, 0.1) is 10.9 Å². The first-order chi connectivity index (χ1) is 10.8. The van der Waals surface area contributed by atoms with Gasteiger partial charge >= 0.3 is 6.18 Å². The molecule has 0 bridgehead atoms. The maximum Gasteiger partial charge on any atom is 0.418 e. The van der Waals surface area contributed by atoms with Crippen LogP contribution in [-0.2, 0) is 6.18 Å². The summed E-state index contributed by atoms with van der Waals surface area (Å²) in [5.74, 6) is -3.14. The molecule has 0 amide bonds. The molecule has 0 fully saturated rings. The second kappa shape index (κ2) is 5.62. The monoisotopic (exact) mass is 440 g/mol. The highest BCUT2D eigenvalue weighted by atomic mass is 127. The molecule has 2 aromatic heterocycles.